The van der Waals surface area contributed by atoms with Crippen LogP contribution in [0, 0.1) is 11.8 Å². The maximum atomic E-state index is 3.50. The summed E-state index contributed by atoms with van der Waals surface area (Å²) >= 11 is 0. The number of likely N-dealkylation sites (N-methyl/N-ethyl adjacent to an activating group) is 1. The van der Waals surface area contributed by atoms with Gasteiger partial charge >= 0.3 is 0 Å². The van der Waals surface area contributed by atoms with E-state index >= 15 is 0 Å². The molecule has 2 rings (SSSR count). The zero-order valence-corrected chi connectivity index (χ0v) is 10.4. The quantitative estimate of drug-likeness (QED) is 0.717. The Morgan fingerprint density at radius 2 is 2.00 bits per heavy atom. The van der Waals surface area contributed by atoms with Gasteiger partial charge < -0.3 is 10.2 Å². The number of rotatable bonds is 2. The molecule has 1 N–H and O–H groups in total. The Morgan fingerprint density at radius 1 is 1.20 bits per heavy atom. The first-order valence-electron chi connectivity index (χ1n) is 6.30. The van der Waals surface area contributed by atoms with Gasteiger partial charge in [-0.2, -0.15) is 0 Å². The van der Waals surface area contributed by atoms with Gasteiger partial charge in [-0.1, -0.05) is 6.92 Å². The lowest BCUT2D eigenvalue weighted by atomic mass is 9.96. The van der Waals surface area contributed by atoms with Crippen molar-refractivity contribution in [2.45, 2.75) is 19.9 Å². The van der Waals surface area contributed by atoms with Crippen LogP contribution in [0.1, 0.15) is 13.8 Å². The molecule has 0 saturated carbocycles. The number of hydrogen-bond donors (Lipinski definition) is 1. The minimum atomic E-state index is 0.733. The second-order valence-electron chi connectivity index (χ2n) is 5.50. The van der Waals surface area contributed by atoms with E-state index < -0.39 is 0 Å². The predicted molar refractivity (Wildman–Crippen MR) is 64.1 cm³/mol. The lowest BCUT2D eigenvalue weighted by molar-refractivity contribution is 0.0820. The van der Waals surface area contributed by atoms with E-state index in [1.54, 1.807) is 0 Å². The van der Waals surface area contributed by atoms with Gasteiger partial charge in [-0.15, -0.1) is 0 Å². The van der Waals surface area contributed by atoms with Gasteiger partial charge in [0.15, 0.2) is 0 Å². The highest BCUT2D eigenvalue weighted by molar-refractivity contribution is 4.84. The van der Waals surface area contributed by atoms with Crippen LogP contribution >= 0.6 is 0 Å². The van der Waals surface area contributed by atoms with E-state index in [9.17, 15) is 0 Å². The molecule has 3 nitrogen and oxygen atoms in total. The number of hydrogen-bond acceptors (Lipinski definition) is 3. The molecule has 0 amide bonds. The van der Waals surface area contributed by atoms with Crippen molar-refractivity contribution in [1.29, 1.82) is 0 Å². The van der Waals surface area contributed by atoms with Crippen LogP contribution in [0.15, 0.2) is 0 Å². The largest absolute Gasteiger partial charge is 0.316 e. The zero-order valence-electron chi connectivity index (χ0n) is 10.4. The van der Waals surface area contributed by atoms with Gasteiger partial charge in [0.25, 0.3) is 0 Å². The fourth-order valence-corrected chi connectivity index (χ4v) is 2.86. The molecule has 0 aliphatic carbocycles. The first kappa shape index (κ1) is 11.4. The lowest BCUT2D eigenvalue weighted by Crippen LogP contribution is -2.52. The summed E-state index contributed by atoms with van der Waals surface area (Å²) in [7, 11) is 2.23. The van der Waals surface area contributed by atoms with Gasteiger partial charge in [0.05, 0.1) is 0 Å². The summed E-state index contributed by atoms with van der Waals surface area (Å²) in [6.45, 7) is 12.2. The van der Waals surface area contributed by atoms with Crippen LogP contribution in [0.4, 0.5) is 0 Å². The van der Waals surface area contributed by atoms with Crippen molar-refractivity contribution in [3.05, 3.63) is 0 Å². The Morgan fingerprint density at radius 3 is 2.60 bits per heavy atom. The van der Waals surface area contributed by atoms with Crippen molar-refractivity contribution in [2.75, 3.05) is 46.3 Å². The summed E-state index contributed by atoms with van der Waals surface area (Å²) < 4.78 is 0. The van der Waals surface area contributed by atoms with E-state index in [4.69, 9.17) is 0 Å². The van der Waals surface area contributed by atoms with Gasteiger partial charge in [0.2, 0.25) is 0 Å². The van der Waals surface area contributed by atoms with E-state index in [-0.39, 0.29) is 0 Å². The van der Waals surface area contributed by atoms with Crippen LogP contribution in [0.3, 0.4) is 0 Å². The van der Waals surface area contributed by atoms with Gasteiger partial charge in [-0.3, -0.25) is 4.90 Å². The zero-order chi connectivity index (χ0) is 10.8. The molecule has 0 spiro atoms. The molecule has 2 aliphatic rings. The standard InChI is InChI=1S/C12H25N3/c1-10-6-13-7-12(10)9-15-5-4-14(3)8-11(15)2/h10-13H,4-9H2,1-3H3. The molecule has 88 valence electrons. The second-order valence-corrected chi connectivity index (χ2v) is 5.50. The first-order chi connectivity index (χ1) is 7.16. The van der Waals surface area contributed by atoms with Crippen molar-refractivity contribution in [3.63, 3.8) is 0 Å². The Hall–Kier alpha value is -0.120. The molecule has 2 heterocycles. The normalized spacial score (nSPS) is 39.8. The van der Waals surface area contributed by atoms with E-state index in [1.165, 1.54) is 39.3 Å². The minimum absolute atomic E-state index is 0.733. The monoisotopic (exact) mass is 211 g/mol. The molecule has 2 fully saturated rings. The Balaban J connectivity index is 1.83. The Labute approximate surface area is 93.8 Å². The molecular weight excluding hydrogens is 186 g/mol. The van der Waals surface area contributed by atoms with Crippen molar-refractivity contribution in [3.8, 4) is 0 Å². The highest BCUT2D eigenvalue weighted by Crippen LogP contribution is 2.19. The summed E-state index contributed by atoms with van der Waals surface area (Å²) in [4.78, 5) is 5.12. The van der Waals surface area contributed by atoms with Crippen molar-refractivity contribution in [1.82, 2.24) is 15.1 Å². The molecule has 0 aromatic rings. The Kier molecular flexibility index (Phi) is 3.65. The van der Waals surface area contributed by atoms with Crippen LogP contribution in [0.5, 0.6) is 0 Å². The Bertz CT molecular complexity index is 207. The number of piperazine rings is 1. The van der Waals surface area contributed by atoms with Crippen LogP contribution in [-0.2, 0) is 0 Å². The average molecular weight is 211 g/mol. The molecule has 3 heteroatoms. The maximum absolute atomic E-state index is 3.50. The fourth-order valence-electron chi connectivity index (χ4n) is 2.86. The van der Waals surface area contributed by atoms with E-state index in [1.807, 2.05) is 0 Å². The number of nitrogens with one attached hydrogen (secondary N) is 1. The third-order valence-corrected chi connectivity index (χ3v) is 4.11. The van der Waals surface area contributed by atoms with Crippen LogP contribution < -0.4 is 5.32 Å². The maximum Gasteiger partial charge on any atom is 0.0195 e. The minimum Gasteiger partial charge on any atom is -0.316 e. The molecule has 3 atom stereocenters. The third-order valence-electron chi connectivity index (χ3n) is 4.11. The van der Waals surface area contributed by atoms with Gasteiger partial charge in [0, 0.05) is 32.2 Å². The van der Waals surface area contributed by atoms with Crippen LogP contribution in [0.25, 0.3) is 0 Å². The van der Waals surface area contributed by atoms with Gasteiger partial charge in [0.1, 0.15) is 0 Å². The number of nitrogens with zero attached hydrogens (tertiary/aromatic N) is 2. The van der Waals surface area contributed by atoms with E-state index in [0.717, 1.165) is 17.9 Å². The molecule has 0 aromatic heterocycles. The first-order valence-corrected chi connectivity index (χ1v) is 6.30. The van der Waals surface area contributed by atoms with E-state index in [0.29, 0.717) is 0 Å². The van der Waals surface area contributed by atoms with Crippen molar-refractivity contribution < 1.29 is 0 Å². The van der Waals surface area contributed by atoms with Crippen LogP contribution in [-0.4, -0.2) is 62.2 Å². The van der Waals surface area contributed by atoms with E-state index in [2.05, 4.69) is 36.0 Å². The summed E-state index contributed by atoms with van der Waals surface area (Å²) in [6.07, 6.45) is 0. The topological polar surface area (TPSA) is 18.5 Å². The molecule has 15 heavy (non-hydrogen) atoms. The lowest BCUT2D eigenvalue weighted by Gasteiger charge is -2.39. The van der Waals surface area contributed by atoms with Gasteiger partial charge in [-0.25, -0.2) is 0 Å². The second kappa shape index (κ2) is 4.81. The summed E-state index contributed by atoms with van der Waals surface area (Å²) in [5.41, 5.74) is 0. The van der Waals surface area contributed by atoms with Crippen LogP contribution in [0.2, 0.25) is 0 Å². The van der Waals surface area contributed by atoms with Crippen molar-refractivity contribution in [2.24, 2.45) is 11.8 Å². The molecule has 2 saturated heterocycles. The average Bonchev–Trinajstić information content (AvgIpc) is 2.57. The summed E-state index contributed by atoms with van der Waals surface area (Å²) in [6, 6.07) is 0.733. The summed E-state index contributed by atoms with van der Waals surface area (Å²) in [5, 5.41) is 3.50. The SMILES string of the molecule is CC1CNCC1CN1CCN(C)CC1C. The van der Waals surface area contributed by atoms with Gasteiger partial charge in [-0.05, 0) is 38.9 Å². The molecule has 2 aliphatic heterocycles. The van der Waals surface area contributed by atoms with Crippen molar-refractivity contribution >= 4 is 0 Å². The highest BCUT2D eigenvalue weighted by atomic mass is 15.3. The molecular formula is C12H25N3. The highest BCUT2D eigenvalue weighted by Gasteiger charge is 2.28. The predicted octanol–water partition coefficient (Wildman–Crippen LogP) is 0.478. The third kappa shape index (κ3) is 2.71. The molecule has 3 unspecified atom stereocenters. The smallest absolute Gasteiger partial charge is 0.0195 e. The fraction of sp³-hybridized carbons (Fsp3) is 1.00. The molecule has 0 radical (unpaired) electrons. The molecule has 0 aromatic carbocycles. The summed E-state index contributed by atoms with van der Waals surface area (Å²) in [5.74, 6) is 1.73. The molecule has 0 bridgehead atoms.